The van der Waals surface area contributed by atoms with Crippen LogP contribution in [0.1, 0.15) is 5.56 Å². The molecule has 0 unspecified atom stereocenters. The summed E-state index contributed by atoms with van der Waals surface area (Å²) in [5, 5.41) is -0.303. The summed E-state index contributed by atoms with van der Waals surface area (Å²) < 4.78 is 30.3. The molecule has 6 heteroatoms. The van der Waals surface area contributed by atoms with E-state index in [-0.39, 0.29) is 10.6 Å². The maximum atomic E-state index is 13.2. The lowest BCUT2D eigenvalue weighted by Gasteiger charge is -2.06. The van der Waals surface area contributed by atoms with E-state index in [9.17, 15) is 13.6 Å². The van der Waals surface area contributed by atoms with Gasteiger partial charge in [0.2, 0.25) is 5.75 Å². The lowest BCUT2D eigenvalue weighted by Crippen LogP contribution is -2.18. The monoisotopic (exact) mass is 221 g/mol. The molecule has 0 fully saturated rings. The molecule has 1 aromatic rings. The van der Waals surface area contributed by atoms with Crippen LogP contribution < -0.4 is 10.5 Å². The van der Waals surface area contributed by atoms with E-state index in [4.69, 9.17) is 11.6 Å². The molecule has 2 N–H and O–H groups in total. The van der Waals surface area contributed by atoms with Crippen molar-refractivity contribution in [3.63, 3.8) is 0 Å². The molecule has 0 heterocycles. The molecule has 0 radical (unpaired) electrons. The van der Waals surface area contributed by atoms with Gasteiger partial charge in [-0.3, -0.25) is 0 Å². The van der Waals surface area contributed by atoms with E-state index in [1.54, 1.807) is 0 Å². The Morgan fingerprint density at radius 3 is 2.64 bits per heavy atom. The zero-order valence-electron chi connectivity index (χ0n) is 7.11. The first kappa shape index (κ1) is 10.7. The number of hydrogen-bond donors (Lipinski definition) is 1. The van der Waals surface area contributed by atoms with Gasteiger partial charge in [-0.25, -0.2) is 13.6 Å². The minimum absolute atomic E-state index is 0.207. The minimum atomic E-state index is -1.30. The number of primary amides is 1. The fourth-order valence-corrected chi connectivity index (χ4v) is 1.03. The second-order valence-electron chi connectivity index (χ2n) is 2.55. The second-order valence-corrected chi connectivity index (χ2v) is 2.93. The lowest BCUT2D eigenvalue weighted by atomic mass is 10.2. The number of halogens is 3. The van der Waals surface area contributed by atoms with Crippen LogP contribution in [0.15, 0.2) is 6.07 Å². The first-order chi connectivity index (χ1) is 6.43. The largest absolute Gasteiger partial charge is 0.410 e. The minimum Gasteiger partial charge on any atom is -0.404 e. The van der Waals surface area contributed by atoms with Gasteiger partial charge in [0.1, 0.15) is 0 Å². The normalized spacial score (nSPS) is 10.0. The number of rotatable bonds is 1. The van der Waals surface area contributed by atoms with Gasteiger partial charge in [0.15, 0.2) is 11.6 Å². The van der Waals surface area contributed by atoms with E-state index in [1.165, 1.54) is 6.92 Å². The third-order valence-electron chi connectivity index (χ3n) is 1.50. The number of aryl methyl sites for hydroxylation is 1. The number of amides is 1. The van der Waals surface area contributed by atoms with Crippen molar-refractivity contribution in [1.82, 2.24) is 0 Å². The summed E-state index contributed by atoms with van der Waals surface area (Å²) in [4.78, 5) is 10.3. The Morgan fingerprint density at radius 2 is 2.14 bits per heavy atom. The molecule has 0 atom stereocenters. The van der Waals surface area contributed by atoms with Crippen molar-refractivity contribution < 1.29 is 18.3 Å². The van der Waals surface area contributed by atoms with Crippen molar-refractivity contribution in [2.45, 2.75) is 6.92 Å². The van der Waals surface area contributed by atoms with Gasteiger partial charge in [0, 0.05) is 0 Å². The summed E-state index contributed by atoms with van der Waals surface area (Å²) in [6.07, 6.45) is -1.30. The number of carbonyl (C=O) groups is 1. The Bertz CT molecular complexity index is 395. The molecule has 0 bridgehead atoms. The highest BCUT2D eigenvalue weighted by Gasteiger charge is 2.18. The Morgan fingerprint density at radius 1 is 1.57 bits per heavy atom. The quantitative estimate of drug-likeness (QED) is 0.741. The zero-order chi connectivity index (χ0) is 10.9. The first-order valence-corrected chi connectivity index (χ1v) is 3.92. The van der Waals surface area contributed by atoms with E-state index in [2.05, 4.69) is 10.5 Å². The highest BCUT2D eigenvalue weighted by molar-refractivity contribution is 6.31. The van der Waals surface area contributed by atoms with Crippen LogP contribution in [-0.4, -0.2) is 6.09 Å². The summed E-state index contributed by atoms with van der Waals surface area (Å²) in [5.41, 5.74) is 4.82. The number of hydrogen-bond acceptors (Lipinski definition) is 2. The maximum absolute atomic E-state index is 13.2. The van der Waals surface area contributed by atoms with E-state index < -0.39 is 23.5 Å². The van der Waals surface area contributed by atoms with Crippen LogP contribution >= 0.6 is 11.6 Å². The van der Waals surface area contributed by atoms with E-state index >= 15 is 0 Å². The molecule has 14 heavy (non-hydrogen) atoms. The fraction of sp³-hybridized carbons (Fsp3) is 0.125. The molecule has 0 aliphatic carbocycles. The molecular weight excluding hydrogens is 216 g/mol. The van der Waals surface area contributed by atoms with Crippen LogP contribution in [0, 0.1) is 18.6 Å². The SMILES string of the molecule is Cc1cc(F)c(OC(N)=O)c(F)c1Cl. The Kier molecular flexibility index (Phi) is 2.90. The van der Waals surface area contributed by atoms with Gasteiger partial charge in [-0.2, -0.15) is 0 Å². The van der Waals surface area contributed by atoms with Crippen molar-refractivity contribution in [2.24, 2.45) is 5.73 Å². The summed E-state index contributed by atoms with van der Waals surface area (Å²) >= 11 is 5.46. The van der Waals surface area contributed by atoms with Gasteiger partial charge in [-0.05, 0) is 18.6 Å². The summed E-state index contributed by atoms with van der Waals surface area (Å²) in [6.45, 7) is 1.42. The standard InChI is InChI=1S/C8H6ClF2NO2/c1-3-2-4(10)7(14-8(12)13)6(11)5(3)9/h2H,1H3,(H2,12,13). The van der Waals surface area contributed by atoms with E-state index in [0.29, 0.717) is 0 Å². The third-order valence-corrected chi connectivity index (χ3v) is 1.97. The van der Waals surface area contributed by atoms with E-state index in [1.807, 2.05) is 0 Å². The number of ether oxygens (including phenoxy) is 1. The molecule has 3 nitrogen and oxygen atoms in total. The summed E-state index contributed by atoms with van der Waals surface area (Å²) in [6, 6.07) is 0.948. The molecule has 0 aliphatic heterocycles. The average Bonchev–Trinajstić information content (AvgIpc) is 2.09. The van der Waals surface area contributed by atoms with Crippen molar-refractivity contribution >= 4 is 17.7 Å². The smallest absolute Gasteiger partial charge is 0.404 e. The lowest BCUT2D eigenvalue weighted by molar-refractivity contribution is 0.206. The predicted molar refractivity (Wildman–Crippen MR) is 46.3 cm³/mol. The maximum Gasteiger partial charge on any atom is 0.410 e. The average molecular weight is 222 g/mol. The second kappa shape index (κ2) is 3.79. The Labute approximate surface area is 83.4 Å². The highest BCUT2D eigenvalue weighted by atomic mass is 35.5. The van der Waals surface area contributed by atoms with Crippen molar-refractivity contribution in [3.8, 4) is 5.75 Å². The van der Waals surface area contributed by atoms with Crippen LogP contribution in [0.5, 0.6) is 5.75 Å². The topological polar surface area (TPSA) is 52.3 Å². The van der Waals surface area contributed by atoms with Gasteiger partial charge in [0.25, 0.3) is 0 Å². The van der Waals surface area contributed by atoms with Gasteiger partial charge >= 0.3 is 6.09 Å². The van der Waals surface area contributed by atoms with Crippen LogP contribution in [0.3, 0.4) is 0 Å². The Hall–Kier alpha value is -1.36. The molecule has 0 spiro atoms. The van der Waals surface area contributed by atoms with Crippen LogP contribution in [0.4, 0.5) is 13.6 Å². The molecule has 1 aromatic carbocycles. The molecule has 0 aliphatic rings. The van der Waals surface area contributed by atoms with Gasteiger partial charge in [-0.1, -0.05) is 11.6 Å². The molecule has 0 aromatic heterocycles. The Balaban J connectivity index is 3.29. The van der Waals surface area contributed by atoms with Crippen LogP contribution in [0.25, 0.3) is 0 Å². The highest BCUT2D eigenvalue weighted by Crippen LogP contribution is 2.30. The third kappa shape index (κ3) is 1.93. The number of carbonyl (C=O) groups excluding carboxylic acids is 1. The first-order valence-electron chi connectivity index (χ1n) is 3.55. The molecule has 0 saturated carbocycles. The van der Waals surface area contributed by atoms with Gasteiger partial charge < -0.3 is 10.5 Å². The number of benzene rings is 1. The van der Waals surface area contributed by atoms with E-state index in [0.717, 1.165) is 6.07 Å². The predicted octanol–water partition coefficient (Wildman–Crippen LogP) is 2.38. The zero-order valence-corrected chi connectivity index (χ0v) is 7.86. The van der Waals surface area contributed by atoms with Crippen LogP contribution in [0.2, 0.25) is 5.02 Å². The van der Waals surface area contributed by atoms with Crippen molar-refractivity contribution in [3.05, 3.63) is 28.3 Å². The van der Waals surface area contributed by atoms with Crippen molar-refractivity contribution in [2.75, 3.05) is 0 Å². The van der Waals surface area contributed by atoms with Crippen molar-refractivity contribution in [1.29, 1.82) is 0 Å². The van der Waals surface area contributed by atoms with Gasteiger partial charge in [0.05, 0.1) is 5.02 Å². The molecule has 1 amide bonds. The molecule has 76 valence electrons. The van der Waals surface area contributed by atoms with Crippen LogP contribution in [-0.2, 0) is 0 Å². The molecular formula is C8H6ClF2NO2. The van der Waals surface area contributed by atoms with Gasteiger partial charge in [-0.15, -0.1) is 0 Å². The summed E-state index contributed by atoms with van der Waals surface area (Å²) in [7, 11) is 0. The molecule has 0 saturated heterocycles. The fourth-order valence-electron chi connectivity index (χ4n) is 0.891. The summed E-state index contributed by atoms with van der Waals surface area (Å²) in [5.74, 6) is -3.04. The number of nitrogens with two attached hydrogens (primary N) is 1. The molecule has 1 rings (SSSR count).